The third-order valence-corrected chi connectivity index (χ3v) is 9.21. The molecule has 3 heterocycles. The molecule has 11 nitrogen and oxygen atoms in total. The van der Waals surface area contributed by atoms with Crippen molar-refractivity contribution in [2.24, 2.45) is 0 Å². The van der Waals surface area contributed by atoms with Crippen molar-refractivity contribution in [3.63, 3.8) is 0 Å². The van der Waals surface area contributed by atoms with Crippen LogP contribution in [0.1, 0.15) is 73.4 Å². The zero-order valence-electron chi connectivity index (χ0n) is 27.1. The van der Waals surface area contributed by atoms with Gasteiger partial charge in [0.15, 0.2) is 11.5 Å². The number of hydrogen-bond acceptors (Lipinski definition) is 9. The number of nitrogens with one attached hydrogen (secondary N) is 1. The summed E-state index contributed by atoms with van der Waals surface area (Å²) in [6.07, 6.45) is 1.63. The van der Waals surface area contributed by atoms with E-state index in [9.17, 15) is 14.4 Å². The Bertz CT molecular complexity index is 1760. The molecular formula is C36H39N5O6. The van der Waals surface area contributed by atoms with E-state index in [1.165, 1.54) is 23.8 Å². The third kappa shape index (κ3) is 6.18. The molecule has 3 amide bonds. The number of benzene rings is 3. The van der Waals surface area contributed by atoms with Crippen molar-refractivity contribution in [2.75, 3.05) is 51.8 Å². The van der Waals surface area contributed by atoms with Crippen molar-refractivity contribution in [3.05, 3.63) is 107 Å². The summed E-state index contributed by atoms with van der Waals surface area (Å²) < 4.78 is 16.0. The highest BCUT2D eigenvalue weighted by atomic mass is 16.5. The maximum absolute atomic E-state index is 14.4. The fourth-order valence-electron chi connectivity index (χ4n) is 6.56. The van der Waals surface area contributed by atoms with Crippen LogP contribution in [0.5, 0.6) is 11.5 Å². The average molecular weight is 638 g/mol. The maximum Gasteiger partial charge on any atom is 0.264 e. The molecule has 244 valence electrons. The minimum Gasteiger partial charge on any atom is -0.493 e. The highest BCUT2D eigenvalue weighted by molar-refractivity contribution is 6.24. The number of aromatic nitrogens is 1. The second kappa shape index (κ2) is 13.7. The van der Waals surface area contributed by atoms with Crippen molar-refractivity contribution in [2.45, 2.75) is 32.4 Å². The Kier molecular flexibility index (Phi) is 9.26. The van der Waals surface area contributed by atoms with Crippen LogP contribution in [0.2, 0.25) is 0 Å². The quantitative estimate of drug-likeness (QED) is 0.226. The molecule has 47 heavy (non-hydrogen) atoms. The fourth-order valence-corrected chi connectivity index (χ4v) is 6.56. The number of carbonyl (C=O) groups excluding carboxylic acids is 3. The molecule has 4 aromatic rings. The number of nitrogens with zero attached hydrogens (tertiary/aromatic N) is 4. The normalized spacial score (nSPS) is 16.2. The molecule has 6 rings (SSSR count). The van der Waals surface area contributed by atoms with Crippen LogP contribution in [0.3, 0.4) is 0 Å². The van der Waals surface area contributed by atoms with Crippen molar-refractivity contribution in [1.82, 2.24) is 20.3 Å². The minimum atomic E-state index is -0.692. The topological polar surface area (TPSA) is 117 Å². The second-order valence-electron chi connectivity index (χ2n) is 11.8. The Labute approximate surface area is 274 Å². The SMILES string of the molecule is COc1ccc([C@@H](CCNC(=O)c2cnoc2C)N2C(=O)c3cccc(N4CCN([C@H](C)c5ccccc5)CC4)c3C2=O)cc1OC. The lowest BCUT2D eigenvalue weighted by atomic mass is 10.0. The van der Waals surface area contributed by atoms with Gasteiger partial charge in [-0.3, -0.25) is 24.2 Å². The van der Waals surface area contributed by atoms with Crippen LogP contribution in [0.4, 0.5) is 5.69 Å². The molecule has 1 saturated heterocycles. The van der Waals surface area contributed by atoms with Crippen LogP contribution in [-0.2, 0) is 0 Å². The van der Waals surface area contributed by atoms with Gasteiger partial charge in [-0.25, -0.2) is 0 Å². The smallest absolute Gasteiger partial charge is 0.264 e. The summed E-state index contributed by atoms with van der Waals surface area (Å²) in [4.78, 5) is 47.2. The highest BCUT2D eigenvalue weighted by Gasteiger charge is 2.43. The lowest BCUT2D eigenvalue weighted by Crippen LogP contribution is -2.47. The molecule has 0 aliphatic carbocycles. The predicted octanol–water partition coefficient (Wildman–Crippen LogP) is 5.04. The molecule has 2 aliphatic heterocycles. The number of aryl methyl sites for hydroxylation is 1. The number of hydrogen-bond donors (Lipinski definition) is 1. The zero-order chi connectivity index (χ0) is 33.1. The Morgan fingerprint density at radius 2 is 1.66 bits per heavy atom. The van der Waals surface area contributed by atoms with E-state index in [4.69, 9.17) is 14.0 Å². The Morgan fingerprint density at radius 1 is 0.915 bits per heavy atom. The monoisotopic (exact) mass is 637 g/mol. The molecule has 1 aromatic heterocycles. The molecule has 2 aliphatic rings. The van der Waals surface area contributed by atoms with Crippen molar-refractivity contribution < 1.29 is 28.4 Å². The number of imide groups is 1. The van der Waals surface area contributed by atoms with E-state index < -0.39 is 6.04 Å². The lowest BCUT2D eigenvalue weighted by molar-refractivity contribution is 0.0574. The first-order chi connectivity index (χ1) is 22.8. The van der Waals surface area contributed by atoms with Gasteiger partial charge in [0.05, 0.1) is 43.3 Å². The number of ether oxygens (including phenoxy) is 2. The molecule has 0 bridgehead atoms. The van der Waals surface area contributed by atoms with Gasteiger partial charge in [-0.05, 0) is 55.7 Å². The first-order valence-electron chi connectivity index (χ1n) is 15.8. The van der Waals surface area contributed by atoms with Crippen LogP contribution in [0, 0.1) is 6.92 Å². The van der Waals surface area contributed by atoms with Gasteiger partial charge < -0.3 is 24.2 Å². The fraction of sp³-hybridized carbons (Fsp3) is 0.333. The summed E-state index contributed by atoms with van der Waals surface area (Å²) in [6.45, 7) is 7.16. The molecule has 1 fully saturated rings. The number of rotatable bonds is 11. The summed E-state index contributed by atoms with van der Waals surface area (Å²) in [5.41, 5.74) is 3.83. The molecular weight excluding hydrogens is 598 g/mol. The van der Waals surface area contributed by atoms with Crippen LogP contribution < -0.4 is 19.7 Å². The molecule has 3 aromatic carbocycles. The van der Waals surface area contributed by atoms with Gasteiger partial charge in [0, 0.05) is 38.8 Å². The Balaban J connectivity index is 1.25. The van der Waals surface area contributed by atoms with Crippen LogP contribution in [0.25, 0.3) is 0 Å². The second-order valence-corrected chi connectivity index (χ2v) is 11.8. The highest BCUT2D eigenvalue weighted by Crippen LogP contribution is 2.40. The maximum atomic E-state index is 14.4. The molecule has 0 spiro atoms. The van der Waals surface area contributed by atoms with Crippen molar-refractivity contribution in [1.29, 1.82) is 0 Å². The molecule has 0 unspecified atom stereocenters. The largest absolute Gasteiger partial charge is 0.493 e. The van der Waals surface area contributed by atoms with Gasteiger partial charge >= 0.3 is 0 Å². The van der Waals surface area contributed by atoms with Crippen molar-refractivity contribution in [3.8, 4) is 11.5 Å². The van der Waals surface area contributed by atoms with Gasteiger partial charge in [-0.2, -0.15) is 0 Å². The zero-order valence-corrected chi connectivity index (χ0v) is 27.1. The van der Waals surface area contributed by atoms with E-state index in [2.05, 4.69) is 51.5 Å². The number of amides is 3. The molecule has 0 saturated carbocycles. The average Bonchev–Trinajstić information content (AvgIpc) is 3.66. The number of fused-ring (bicyclic) bond motifs is 1. The minimum absolute atomic E-state index is 0.185. The van der Waals surface area contributed by atoms with Gasteiger partial charge in [0.1, 0.15) is 11.3 Å². The van der Waals surface area contributed by atoms with Crippen LogP contribution in [-0.4, -0.2) is 79.6 Å². The number of piperazine rings is 1. The third-order valence-electron chi connectivity index (χ3n) is 9.21. The van der Waals surface area contributed by atoms with E-state index in [0.29, 0.717) is 39.5 Å². The summed E-state index contributed by atoms with van der Waals surface area (Å²) >= 11 is 0. The number of carbonyl (C=O) groups is 3. The van der Waals surface area contributed by atoms with E-state index in [1.807, 2.05) is 24.3 Å². The number of anilines is 1. The van der Waals surface area contributed by atoms with Gasteiger partial charge in [0.2, 0.25) is 0 Å². The van der Waals surface area contributed by atoms with Gasteiger partial charge in [-0.15, -0.1) is 0 Å². The van der Waals surface area contributed by atoms with E-state index in [0.717, 1.165) is 31.9 Å². The first kappa shape index (κ1) is 31.8. The Morgan fingerprint density at radius 3 is 2.34 bits per heavy atom. The van der Waals surface area contributed by atoms with Gasteiger partial charge in [0.25, 0.3) is 17.7 Å². The van der Waals surface area contributed by atoms with E-state index in [-0.39, 0.29) is 36.7 Å². The molecule has 2 atom stereocenters. The van der Waals surface area contributed by atoms with Crippen molar-refractivity contribution >= 4 is 23.4 Å². The summed E-state index contributed by atoms with van der Waals surface area (Å²) in [7, 11) is 3.08. The molecule has 0 radical (unpaired) electrons. The molecule has 1 N–H and O–H groups in total. The lowest BCUT2D eigenvalue weighted by Gasteiger charge is -2.39. The predicted molar refractivity (Wildman–Crippen MR) is 176 cm³/mol. The van der Waals surface area contributed by atoms with Crippen LogP contribution in [0.15, 0.2) is 77.4 Å². The number of methoxy groups -OCH3 is 2. The van der Waals surface area contributed by atoms with E-state index >= 15 is 0 Å². The molecule has 11 heteroatoms. The summed E-state index contributed by atoms with van der Waals surface area (Å²) in [5, 5.41) is 6.56. The summed E-state index contributed by atoms with van der Waals surface area (Å²) in [5.74, 6) is 0.323. The Hall–Kier alpha value is -5.16. The van der Waals surface area contributed by atoms with E-state index in [1.54, 1.807) is 32.2 Å². The van der Waals surface area contributed by atoms with Crippen LogP contribution >= 0.6 is 0 Å². The standard InChI is InChI=1S/C36H39N5O6/c1-23(25-9-6-5-7-10-25)39-17-19-40(20-18-39)30-12-8-11-27-33(30)36(44)41(35(27)43)29(26-13-14-31(45-3)32(21-26)46-4)15-16-37-34(42)28-22-38-47-24(28)2/h5-14,21-23,29H,15-20H2,1-4H3,(H,37,42)/t23-,29-/m1/s1. The van der Waals surface area contributed by atoms with Gasteiger partial charge in [-0.1, -0.05) is 47.6 Å². The summed E-state index contributed by atoms with van der Waals surface area (Å²) in [6, 6.07) is 20.8. The first-order valence-corrected chi connectivity index (χ1v) is 15.8.